The van der Waals surface area contributed by atoms with Crippen molar-refractivity contribution >= 4 is 12.1 Å². The Morgan fingerprint density at radius 2 is 2.18 bits per heavy atom. The van der Waals surface area contributed by atoms with E-state index in [1.54, 1.807) is 20.8 Å². The molecule has 3 nitrogen and oxygen atoms in total. The van der Waals surface area contributed by atoms with Crippen molar-refractivity contribution in [1.82, 2.24) is 0 Å². The van der Waals surface area contributed by atoms with E-state index in [0.29, 0.717) is 11.9 Å². The number of aliphatic hydroxyl groups is 1. The molecule has 1 N–H and O–H groups in total. The van der Waals surface area contributed by atoms with Crippen LogP contribution in [0.25, 0.3) is 0 Å². The van der Waals surface area contributed by atoms with E-state index in [1.165, 1.54) is 18.2 Å². The number of hydrogen-bond acceptors (Lipinski definition) is 3. The summed E-state index contributed by atoms with van der Waals surface area (Å²) in [5.74, 6) is 5.45. The van der Waals surface area contributed by atoms with Gasteiger partial charge < -0.3 is 5.11 Å². The van der Waals surface area contributed by atoms with E-state index in [4.69, 9.17) is 0 Å². The molecular weight excluding hydrogens is 216 g/mol. The molecule has 1 rings (SSSR count). The van der Waals surface area contributed by atoms with E-state index < -0.39 is 11.0 Å². The Hall–Kier alpha value is -1.66. The number of hydrogen-bond donors (Lipinski definition) is 1. The van der Waals surface area contributed by atoms with Crippen molar-refractivity contribution in [3.8, 4) is 11.8 Å². The Balaban J connectivity index is 3.10. The van der Waals surface area contributed by atoms with Crippen LogP contribution in [-0.2, 0) is 9.59 Å². The van der Waals surface area contributed by atoms with Crippen LogP contribution in [0.15, 0.2) is 23.8 Å². The molecule has 0 saturated carbocycles. The van der Waals surface area contributed by atoms with E-state index >= 15 is 0 Å². The molecule has 0 saturated heterocycles. The van der Waals surface area contributed by atoms with Gasteiger partial charge in [0.15, 0.2) is 5.78 Å². The van der Waals surface area contributed by atoms with Crippen LogP contribution in [-0.4, -0.2) is 22.8 Å². The molecule has 0 heterocycles. The first-order valence-corrected chi connectivity index (χ1v) is 5.40. The zero-order chi connectivity index (χ0) is 13.1. The lowest BCUT2D eigenvalue weighted by atomic mass is 9.68. The Labute approximate surface area is 101 Å². The lowest BCUT2D eigenvalue weighted by Gasteiger charge is -2.38. The molecule has 0 aromatic carbocycles. The minimum atomic E-state index is -1.33. The van der Waals surface area contributed by atoms with Crippen molar-refractivity contribution in [3.05, 3.63) is 23.8 Å². The normalized spacial score (nSPS) is 27.3. The average Bonchev–Trinajstić information content (AvgIpc) is 2.21. The van der Waals surface area contributed by atoms with Gasteiger partial charge in [0.1, 0.15) is 11.9 Å². The molecule has 0 amide bonds. The highest BCUT2D eigenvalue weighted by atomic mass is 16.3. The number of ketones is 1. The van der Waals surface area contributed by atoms with Crippen LogP contribution in [0.2, 0.25) is 0 Å². The summed E-state index contributed by atoms with van der Waals surface area (Å²) in [4.78, 5) is 21.6. The van der Waals surface area contributed by atoms with E-state index in [2.05, 4.69) is 11.8 Å². The molecule has 1 atom stereocenters. The molecule has 0 spiro atoms. The second-order valence-electron chi connectivity index (χ2n) is 4.86. The van der Waals surface area contributed by atoms with Crippen molar-refractivity contribution in [2.24, 2.45) is 5.41 Å². The quantitative estimate of drug-likeness (QED) is 0.422. The van der Waals surface area contributed by atoms with E-state index in [9.17, 15) is 14.7 Å². The fourth-order valence-corrected chi connectivity index (χ4v) is 1.62. The molecule has 1 aliphatic rings. The predicted octanol–water partition coefficient (Wildman–Crippen LogP) is 1.42. The minimum absolute atomic E-state index is 0.0124. The fraction of sp³-hybridized carbons (Fsp3) is 0.429. The molecular formula is C14H16O3. The third-order valence-electron chi connectivity index (χ3n) is 2.93. The van der Waals surface area contributed by atoms with E-state index in [-0.39, 0.29) is 12.2 Å². The first-order chi connectivity index (χ1) is 7.81. The molecule has 1 aliphatic carbocycles. The summed E-state index contributed by atoms with van der Waals surface area (Å²) in [7, 11) is 0. The maximum atomic E-state index is 11.3. The standard InChI is InChI=1S/C14H16O3/c1-11(6-9-15)4-7-14(17)8-5-12(16)10-13(14,2)3/h5-6,8-9,17H,10H2,1-3H3/b11-6-. The van der Waals surface area contributed by atoms with Crippen molar-refractivity contribution in [1.29, 1.82) is 0 Å². The van der Waals surface area contributed by atoms with Gasteiger partial charge in [-0.1, -0.05) is 25.7 Å². The molecule has 0 bridgehead atoms. The molecule has 0 fully saturated rings. The highest BCUT2D eigenvalue weighted by Crippen LogP contribution is 2.38. The van der Waals surface area contributed by atoms with Gasteiger partial charge >= 0.3 is 0 Å². The summed E-state index contributed by atoms with van der Waals surface area (Å²) in [5.41, 5.74) is -1.39. The maximum Gasteiger partial charge on any atom is 0.156 e. The van der Waals surface area contributed by atoms with Gasteiger partial charge in [-0.15, -0.1) is 0 Å². The van der Waals surface area contributed by atoms with Crippen molar-refractivity contribution in [2.75, 3.05) is 0 Å². The highest BCUT2D eigenvalue weighted by molar-refractivity contribution is 5.92. The van der Waals surface area contributed by atoms with Crippen LogP contribution >= 0.6 is 0 Å². The number of carbonyl (C=O) groups excluding carboxylic acids is 2. The fourth-order valence-electron chi connectivity index (χ4n) is 1.62. The van der Waals surface area contributed by atoms with Crippen LogP contribution in [0, 0.1) is 17.3 Å². The van der Waals surface area contributed by atoms with Crippen LogP contribution in [0.1, 0.15) is 27.2 Å². The van der Waals surface area contributed by atoms with E-state index in [1.807, 2.05) is 0 Å². The summed E-state index contributed by atoms with van der Waals surface area (Å²) in [5, 5.41) is 10.4. The highest BCUT2D eigenvalue weighted by Gasteiger charge is 2.43. The predicted molar refractivity (Wildman–Crippen MR) is 65.1 cm³/mol. The van der Waals surface area contributed by atoms with Crippen LogP contribution in [0.5, 0.6) is 0 Å². The third-order valence-corrected chi connectivity index (χ3v) is 2.93. The van der Waals surface area contributed by atoms with E-state index in [0.717, 1.165) is 0 Å². The molecule has 90 valence electrons. The van der Waals surface area contributed by atoms with Crippen LogP contribution in [0.4, 0.5) is 0 Å². The Bertz CT molecular complexity index is 458. The molecule has 1 unspecified atom stereocenters. The van der Waals surface area contributed by atoms with Crippen LogP contribution in [0.3, 0.4) is 0 Å². The van der Waals surface area contributed by atoms with Crippen molar-refractivity contribution in [3.63, 3.8) is 0 Å². The molecule has 0 aromatic heterocycles. The van der Waals surface area contributed by atoms with Gasteiger partial charge in [-0.05, 0) is 25.2 Å². The number of allylic oxidation sites excluding steroid dienone is 3. The molecule has 3 heteroatoms. The first kappa shape index (κ1) is 13.4. The SMILES string of the molecule is C/C(C#CC1(O)C=CC(=O)CC1(C)C)=C/C=O. The van der Waals surface area contributed by atoms with Gasteiger partial charge in [0.25, 0.3) is 0 Å². The van der Waals surface area contributed by atoms with Gasteiger partial charge in [-0.3, -0.25) is 9.59 Å². The first-order valence-electron chi connectivity index (χ1n) is 5.40. The largest absolute Gasteiger partial charge is 0.373 e. The van der Waals surface area contributed by atoms with Gasteiger partial charge in [0, 0.05) is 17.4 Å². The summed E-state index contributed by atoms with van der Waals surface area (Å²) in [6.45, 7) is 5.28. The van der Waals surface area contributed by atoms with Crippen molar-refractivity contribution < 1.29 is 14.7 Å². The lowest BCUT2D eigenvalue weighted by molar-refractivity contribution is -0.120. The number of rotatable bonds is 1. The second kappa shape index (κ2) is 4.68. The molecule has 0 aromatic rings. The zero-order valence-corrected chi connectivity index (χ0v) is 10.3. The van der Waals surface area contributed by atoms with Crippen LogP contribution < -0.4 is 0 Å². The maximum absolute atomic E-state index is 11.3. The van der Waals surface area contributed by atoms with Gasteiger partial charge in [0.2, 0.25) is 0 Å². The van der Waals surface area contributed by atoms with Gasteiger partial charge in [-0.25, -0.2) is 0 Å². The third kappa shape index (κ3) is 2.92. The Morgan fingerprint density at radius 3 is 2.71 bits per heavy atom. The van der Waals surface area contributed by atoms with Gasteiger partial charge in [0.05, 0.1) is 0 Å². The molecule has 17 heavy (non-hydrogen) atoms. The minimum Gasteiger partial charge on any atom is -0.373 e. The number of aldehydes is 1. The zero-order valence-electron chi connectivity index (χ0n) is 10.3. The Morgan fingerprint density at radius 1 is 1.53 bits per heavy atom. The summed E-state index contributed by atoms with van der Waals surface area (Å²) < 4.78 is 0. The average molecular weight is 232 g/mol. The summed E-state index contributed by atoms with van der Waals surface area (Å²) in [6.07, 6.45) is 5.03. The molecule has 0 radical (unpaired) electrons. The monoisotopic (exact) mass is 232 g/mol. The van der Waals surface area contributed by atoms with Gasteiger partial charge in [-0.2, -0.15) is 0 Å². The van der Waals surface area contributed by atoms with Crippen molar-refractivity contribution in [2.45, 2.75) is 32.8 Å². The summed E-state index contributed by atoms with van der Waals surface area (Å²) in [6, 6.07) is 0. The second-order valence-corrected chi connectivity index (χ2v) is 4.86. The lowest BCUT2D eigenvalue weighted by Crippen LogP contribution is -2.45. The summed E-state index contributed by atoms with van der Waals surface area (Å²) >= 11 is 0. The Kier molecular flexibility index (Phi) is 3.69. The smallest absolute Gasteiger partial charge is 0.156 e. The topological polar surface area (TPSA) is 54.4 Å². The molecule has 0 aliphatic heterocycles. The number of carbonyl (C=O) groups is 2.